The topological polar surface area (TPSA) is 220 Å². The number of aldehydes is 1. The van der Waals surface area contributed by atoms with Crippen LogP contribution in [0.15, 0.2) is 0 Å². The van der Waals surface area contributed by atoms with Gasteiger partial charge in [-0.15, -0.1) is 17.0 Å². The van der Waals surface area contributed by atoms with Crippen molar-refractivity contribution in [2.24, 2.45) is 0 Å². The molecule has 21 heteroatoms. The van der Waals surface area contributed by atoms with Crippen molar-refractivity contribution in [3.8, 4) is 0 Å². The van der Waals surface area contributed by atoms with E-state index in [4.69, 9.17) is 45.0 Å². The maximum Gasteiger partial charge on any atom is 1.00 e. The maximum absolute atomic E-state index is 9.59. The number of hydrogen-bond acceptors (Lipinski definition) is 12. The molecule has 0 heterocycles. The second kappa shape index (κ2) is 243. The van der Waals surface area contributed by atoms with E-state index in [9.17, 15) is 4.79 Å². The third-order valence-electron chi connectivity index (χ3n) is 0.615. The summed E-state index contributed by atoms with van der Waals surface area (Å²) in [5, 5.41) is 47.2. The minimum Gasteiger partial charge on any atom is -1.00 e. The molecule has 0 bridgehead atoms. The third-order valence-corrected chi connectivity index (χ3v) is 0.615. The summed E-state index contributed by atoms with van der Waals surface area (Å²) in [4.78, 5) is 38.6. The largest absolute Gasteiger partial charge is 1.00 e. The van der Waals surface area contributed by atoms with Crippen molar-refractivity contribution in [1.29, 1.82) is 0 Å². The number of esters is 1. The van der Waals surface area contributed by atoms with Gasteiger partial charge in [0.2, 0.25) is 0 Å². The van der Waals surface area contributed by atoms with Crippen LogP contribution in [0, 0.1) is 0 Å². The van der Waals surface area contributed by atoms with Crippen LogP contribution in [0.25, 0.3) is 0 Å². The number of alkyl halides is 2. The number of carboxylic acids is 1. The van der Waals surface area contributed by atoms with Crippen molar-refractivity contribution in [3.05, 3.63) is 0 Å². The molecular weight excluding hydrogens is 859 g/mol. The van der Waals surface area contributed by atoms with Crippen molar-refractivity contribution < 1.29 is 199 Å². The van der Waals surface area contributed by atoms with Crippen LogP contribution in [0.2, 0.25) is 6.82 Å². The van der Waals surface area contributed by atoms with Gasteiger partial charge in [0.05, 0.1) is 7.11 Å². The van der Waals surface area contributed by atoms with Gasteiger partial charge >= 0.3 is 145 Å². The molecule has 45 heavy (non-hydrogen) atoms. The first-order valence-electron chi connectivity index (χ1n) is 12.0. The monoisotopic (exact) mass is 923 g/mol. The Labute approximate surface area is 417 Å². The first-order chi connectivity index (χ1) is 18.8. The Kier molecular flexibility index (Phi) is 635. The van der Waals surface area contributed by atoms with Crippen LogP contribution in [0.4, 0.5) is 0 Å². The normalized spacial score (nSPS) is 4.80. The zero-order valence-corrected chi connectivity index (χ0v) is 45.2. The van der Waals surface area contributed by atoms with Gasteiger partial charge in [0.1, 0.15) is 6.29 Å². The molecule has 0 aromatic carbocycles. The van der Waals surface area contributed by atoms with Crippen LogP contribution in [0.1, 0.15) is 85.9 Å². The van der Waals surface area contributed by atoms with E-state index in [0.29, 0.717) is 0 Å². The summed E-state index contributed by atoms with van der Waals surface area (Å²) in [5.41, 5.74) is 0. The van der Waals surface area contributed by atoms with Gasteiger partial charge in [-0.3, -0.25) is 14.4 Å². The summed E-state index contributed by atoms with van der Waals surface area (Å²) in [6.45, 7) is 23.8. The molecule has 271 valence electrons. The predicted octanol–water partition coefficient (Wildman–Crippen LogP) is -4.82. The molecule has 0 atom stereocenters. The number of aliphatic carboxylic acids is 1. The molecule has 0 amide bonds. The molecule has 0 saturated heterocycles. The SMILES string of the molecule is Br.CB(O)O.CC.CC.CC.CC(=O)O.CC=O.CCBr.CCBr.CCOC.CO.CO.COC(C)=O.O=CO[O-].[B].[H-].[H-].[K+].[K+].[Na+]. The number of rotatable bonds is 2. The van der Waals surface area contributed by atoms with Crippen molar-refractivity contribution in [1.82, 2.24) is 0 Å². The predicted molar refractivity (Wildman–Crippen MR) is 191 cm³/mol. The average molecular weight is 926 g/mol. The van der Waals surface area contributed by atoms with E-state index in [0.717, 1.165) is 44.7 Å². The first-order valence-corrected chi connectivity index (χ1v) is 14.3. The molecule has 0 fully saturated rings. The molecule has 0 rings (SSSR count). The summed E-state index contributed by atoms with van der Waals surface area (Å²) < 4.78 is 8.65. The second-order valence-corrected chi connectivity index (χ2v) is 5.63. The Morgan fingerprint density at radius 3 is 0.911 bits per heavy atom. The summed E-state index contributed by atoms with van der Waals surface area (Å²) >= 11 is 6.29. The summed E-state index contributed by atoms with van der Waals surface area (Å²) in [6, 6.07) is 0. The quantitative estimate of drug-likeness (QED) is 0.0439. The van der Waals surface area contributed by atoms with E-state index in [2.05, 4.69) is 46.2 Å². The van der Waals surface area contributed by atoms with E-state index in [1.54, 1.807) is 7.11 Å². The molecule has 0 aliphatic heterocycles. The van der Waals surface area contributed by atoms with Crippen molar-refractivity contribution >= 4 is 89.1 Å². The van der Waals surface area contributed by atoms with Crippen LogP contribution in [-0.4, -0.2) is 111 Å². The number of hydrogen-bond donors (Lipinski definition) is 5. The number of halogens is 3. The molecule has 5 N–H and O–H groups in total. The van der Waals surface area contributed by atoms with E-state index in [-0.39, 0.29) is 173 Å². The number of aliphatic hydroxyl groups excluding tert-OH is 2. The molecule has 3 radical (unpaired) electrons. The minimum absolute atomic E-state index is 0. The standard InChI is InChI=1S/C3H6O2.C3H8O.2C2H5Br.C2H4O2.C2H4O.3C2H6.CH5BO2.CH2O3.2CH4O.B.BrH.2K.Na.2H/c1-3(4)5-2;1-3-4-2;2*1-2-3;1-2(3)4;1-2-3;3*1-2;1-2(3)4;2-1-4-3;2*1-2;;;;;;;/h1-2H3;3H2,1-2H3;2*2H2,1H3;1H3,(H,3,4);2H,1H3;3*1-2H3;3-4H,1H3;1,3H;2*2H,1H3;;1H;;;;;/q;;;;;;;;;;;;;;;3*+1;2*-1/p-1. The Morgan fingerprint density at radius 2 is 0.911 bits per heavy atom. The number of carbonyl (C=O) groups is 4. The third kappa shape index (κ3) is 1690. The fraction of sp³-hybridized carbons (Fsp3) is 0.833. The molecule has 0 aliphatic carbocycles. The fourth-order valence-corrected chi connectivity index (χ4v) is 0. The van der Waals surface area contributed by atoms with Gasteiger partial charge in [0.25, 0.3) is 12.4 Å². The van der Waals surface area contributed by atoms with E-state index in [1.165, 1.54) is 27.8 Å². The van der Waals surface area contributed by atoms with Gasteiger partial charge < -0.3 is 52.6 Å². The Bertz CT molecular complexity index is 324. The zero-order valence-electron chi connectivity index (χ0n) is 34.1. The summed E-state index contributed by atoms with van der Waals surface area (Å²) in [6.07, 6.45) is 0.750. The molecule has 0 aromatic heterocycles. The zero-order chi connectivity index (χ0) is 36.4. The first kappa shape index (κ1) is 118. The van der Waals surface area contributed by atoms with E-state index >= 15 is 0 Å². The molecule has 0 spiro atoms. The Hall–Kier alpha value is 3.68. The molecule has 0 aromatic rings. The van der Waals surface area contributed by atoms with Crippen LogP contribution >= 0.6 is 48.8 Å². The second-order valence-electron chi connectivity index (χ2n) is 3.39. The molecule has 0 aliphatic rings. The number of aliphatic hydroxyl groups is 2. The number of methoxy groups -OCH3 is 2. The van der Waals surface area contributed by atoms with E-state index < -0.39 is 13.1 Å². The number of carbonyl (C=O) groups excluding carboxylic acids is 3. The van der Waals surface area contributed by atoms with Gasteiger partial charge in [0, 0.05) is 60.9 Å². The van der Waals surface area contributed by atoms with E-state index in [1.807, 2.05) is 62.3 Å². The van der Waals surface area contributed by atoms with Crippen molar-refractivity contribution in [2.45, 2.75) is 89.9 Å². The van der Waals surface area contributed by atoms with Gasteiger partial charge in [-0.1, -0.05) is 87.2 Å². The smallest absolute Gasteiger partial charge is 1.00 e. The summed E-state index contributed by atoms with van der Waals surface area (Å²) in [5.74, 6) is -1.08. The Balaban J connectivity index is -0.00000000933. The Morgan fingerprint density at radius 1 is 0.844 bits per heavy atom. The fourth-order valence-electron chi connectivity index (χ4n) is 0. The van der Waals surface area contributed by atoms with Crippen molar-refractivity contribution in [2.75, 3.05) is 45.7 Å². The average Bonchev–Trinajstić information content (AvgIpc) is 2.95. The van der Waals surface area contributed by atoms with Gasteiger partial charge in [-0.25, -0.2) is 0 Å². The van der Waals surface area contributed by atoms with Gasteiger partial charge in [-0.2, -0.15) is 0 Å². The molecule has 0 saturated carbocycles. The van der Waals surface area contributed by atoms with Crippen LogP contribution in [0.5, 0.6) is 0 Å². The van der Waals surface area contributed by atoms with Crippen LogP contribution < -0.4 is 138 Å². The van der Waals surface area contributed by atoms with Crippen LogP contribution in [-0.2, 0) is 33.5 Å². The number of ether oxygens (including phenoxy) is 2. The van der Waals surface area contributed by atoms with Crippen molar-refractivity contribution in [3.63, 3.8) is 0 Å². The summed E-state index contributed by atoms with van der Waals surface area (Å²) in [7, 11) is 3.86. The number of carboxylic acid groups (broad SMARTS) is 1. The van der Waals surface area contributed by atoms with Gasteiger partial charge in [-0.05, 0) is 20.7 Å². The maximum atomic E-state index is 9.59. The molecule has 13 nitrogen and oxygen atoms in total. The minimum atomic E-state index is -1.17. The van der Waals surface area contributed by atoms with Crippen LogP contribution in [0.3, 0.4) is 0 Å². The molecular formula is C24H67B2Br3K2NaO13. The molecule has 0 unspecified atom stereocenters. The van der Waals surface area contributed by atoms with Gasteiger partial charge in [0.15, 0.2) is 0 Å².